The molecule has 1 saturated heterocycles. The number of aromatic nitrogens is 2. The smallest absolute Gasteiger partial charge is 0.221 e. The van der Waals surface area contributed by atoms with E-state index in [0.717, 1.165) is 35.9 Å². The minimum Gasteiger partial charge on any atom is -0.368 e. The first-order valence-corrected chi connectivity index (χ1v) is 8.71. The van der Waals surface area contributed by atoms with Crippen LogP contribution in [0, 0.1) is 12.7 Å². The fourth-order valence-corrected chi connectivity index (χ4v) is 3.48. The van der Waals surface area contributed by atoms with E-state index in [0.29, 0.717) is 18.1 Å². The number of aryl methyl sites for hydroxylation is 1. The molecule has 2 heterocycles. The minimum atomic E-state index is -0.193. The SMILES string of the molecule is Cc1cn(N=Cc2ccc(CN3CCSCC3)c(F)c2)c(N)n1. The van der Waals surface area contributed by atoms with Crippen molar-refractivity contribution in [1.29, 1.82) is 0 Å². The molecule has 1 aliphatic rings. The molecule has 0 amide bonds. The third kappa shape index (κ3) is 4.11. The van der Waals surface area contributed by atoms with Gasteiger partial charge in [0.2, 0.25) is 5.95 Å². The van der Waals surface area contributed by atoms with Crippen molar-refractivity contribution in [1.82, 2.24) is 14.6 Å². The molecule has 122 valence electrons. The second-order valence-electron chi connectivity index (χ2n) is 5.57. The molecule has 7 heteroatoms. The summed E-state index contributed by atoms with van der Waals surface area (Å²) in [6, 6.07) is 5.22. The highest BCUT2D eigenvalue weighted by atomic mass is 32.2. The maximum absolute atomic E-state index is 14.3. The number of nitrogens with two attached hydrogens (primary N) is 1. The average molecular weight is 333 g/mol. The van der Waals surface area contributed by atoms with Crippen LogP contribution in [0.25, 0.3) is 0 Å². The molecular formula is C16H20FN5S. The Bertz CT molecular complexity index is 706. The van der Waals surface area contributed by atoms with E-state index in [4.69, 9.17) is 5.73 Å². The van der Waals surface area contributed by atoms with Crippen molar-refractivity contribution in [2.75, 3.05) is 30.3 Å². The number of hydrogen-bond acceptors (Lipinski definition) is 5. The molecule has 2 N–H and O–H groups in total. The summed E-state index contributed by atoms with van der Waals surface area (Å²) in [4.78, 5) is 6.36. The molecule has 5 nitrogen and oxygen atoms in total. The Morgan fingerprint density at radius 2 is 2.17 bits per heavy atom. The van der Waals surface area contributed by atoms with Gasteiger partial charge in [-0.05, 0) is 18.6 Å². The summed E-state index contributed by atoms with van der Waals surface area (Å²) in [6.45, 7) is 4.55. The average Bonchev–Trinajstić information content (AvgIpc) is 2.86. The molecule has 1 aliphatic heterocycles. The molecule has 3 rings (SSSR count). The molecule has 1 aromatic carbocycles. The molecule has 23 heavy (non-hydrogen) atoms. The van der Waals surface area contributed by atoms with Gasteiger partial charge in [0.15, 0.2) is 0 Å². The Labute approximate surface area is 139 Å². The Morgan fingerprint density at radius 1 is 1.39 bits per heavy atom. The first-order valence-electron chi connectivity index (χ1n) is 7.56. The highest BCUT2D eigenvalue weighted by molar-refractivity contribution is 7.99. The number of thioether (sulfide) groups is 1. The Hall–Kier alpha value is -1.86. The summed E-state index contributed by atoms with van der Waals surface area (Å²) in [7, 11) is 0. The van der Waals surface area contributed by atoms with Crippen LogP contribution in [0.15, 0.2) is 29.5 Å². The van der Waals surface area contributed by atoms with E-state index >= 15 is 0 Å². The standard InChI is InChI=1S/C16H20FN5S/c1-12-10-22(16(18)20-12)19-9-13-2-3-14(15(17)8-13)11-21-4-6-23-7-5-21/h2-3,8-10H,4-7,11H2,1H3,(H2,18,20). The van der Waals surface area contributed by atoms with Crippen LogP contribution < -0.4 is 5.73 Å². The quantitative estimate of drug-likeness (QED) is 0.873. The van der Waals surface area contributed by atoms with Crippen molar-refractivity contribution in [3.05, 3.63) is 47.0 Å². The lowest BCUT2D eigenvalue weighted by Gasteiger charge is -2.26. The van der Waals surface area contributed by atoms with Gasteiger partial charge in [-0.3, -0.25) is 4.90 Å². The zero-order valence-corrected chi connectivity index (χ0v) is 13.9. The molecule has 0 atom stereocenters. The molecule has 0 aliphatic carbocycles. The normalized spacial score (nSPS) is 16.3. The Morgan fingerprint density at radius 3 is 2.83 bits per heavy atom. The van der Waals surface area contributed by atoms with Gasteiger partial charge in [0.1, 0.15) is 5.82 Å². The van der Waals surface area contributed by atoms with Gasteiger partial charge in [-0.2, -0.15) is 16.9 Å². The van der Waals surface area contributed by atoms with E-state index in [-0.39, 0.29) is 5.82 Å². The van der Waals surface area contributed by atoms with Gasteiger partial charge in [0.25, 0.3) is 0 Å². The van der Waals surface area contributed by atoms with Crippen LogP contribution in [0.3, 0.4) is 0 Å². The lowest BCUT2D eigenvalue weighted by molar-refractivity contribution is 0.290. The van der Waals surface area contributed by atoms with Gasteiger partial charge in [-0.25, -0.2) is 14.1 Å². The fraction of sp³-hybridized carbons (Fsp3) is 0.375. The number of nitrogens with zero attached hydrogens (tertiary/aromatic N) is 4. The van der Waals surface area contributed by atoms with Crippen molar-refractivity contribution >= 4 is 23.9 Å². The summed E-state index contributed by atoms with van der Waals surface area (Å²) in [5.74, 6) is 2.37. The van der Waals surface area contributed by atoms with Crippen molar-refractivity contribution in [2.45, 2.75) is 13.5 Å². The summed E-state index contributed by atoms with van der Waals surface area (Å²) in [6.07, 6.45) is 3.31. The number of rotatable bonds is 4. The minimum absolute atomic E-state index is 0.193. The third-order valence-electron chi connectivity index (χ3n) is 3.74. The van der Waals surface area contributed by atoms with E-state index in [9.17, 15) is 4.39 Å². The predicted molar refractivity (Wildman–Crippen MR) is 93.4 cm³/mol. The molecule has 0 bridgehead atoms. The number of nitrogen functional groups attached to an aromatic ring is 1. The van der Waals surface area contributed by atoms with E-state index in [1.807, 2.05) is 30.8 Å². The Kier molecular flexibility index (Phi) is 4.97. The van der Waals surface area contributed by atoms with Crippen LogP contribution in [-0.2, 0) is 6.54 Å². The summed E-state index contributed by atoms with van der Waals surface area (Å²) in [5, 5.41) is 4.21. The van der Waals surface area contributed by atoms with Crippen LogP contribution in [0.2, 0.25) is 0 Å². The number of hydrogen-bond donors (Lipinski definition) is 1. The molecule has 0 radical (unpaired) electrons. The van der Waals surface area contributed by atoms with E-state index in [1.54, 1.807) is 12.4 Å². The van der Waals surface area contributed by atoms with Crippen molar-refractivity contribution < 1.29 is 4.39 Å². The molecule has 0 unspecified atom stereocenters. The monoisotopic (exact) mass is 333 g/mol. The highest BCUT2D eigenvalue weighted by Crippen LogP contribution is 2.16. The zero-order valence-electron chi connectivity index (χ0n) is 13.1. The van der Waals surface area contributed by atoms with Crippen LogP contribution in [0.5, 0.6) is 0 Å². The number of benzene rings is 1. The molecule has 1 fully saturated rings. The van der Waals surface area contributed by atoms with E-state index < -0.39 is 0 Å². The van der Waals surface area contributed by atoms with E-state index in [1.165, 1.54) is 10.7 Å². The van der Waals surface area contributed by atoms with Gasteiger partial charge >= 0.3 is 0 Å². The number of imidazole rings is 1. The van der Waals surface area contributed by atoms with Gasteiger partial charge in [0.05, 0.1) is 18.1 Å². The predicted octanol–water partition coefficient (Wildman–Crippen LogP) is 2.34. The van der Waals surface area contributed by atoms with E-state index in [2.05, 4.69) is 15.0 Å². The van der Waals surface area contributed by atoms with Crippen LogP contribution >= 0.6 is 11.8 Å². The van der Waals surface area contributed by atoms with Gasteiger partial charge in [-0.15, -0.1) is 0 Å². The number of halogens is 1. The molecule has 0 saturated carbocycles. The highest BCUT2D eigenvalue weighted by Gasteiger charge is 2.13. The topological polar surface area (TPSA) is 59.4 Å². The first-order chi connectivity index (χ1) is 11.1. The molecule has 1 aromatic heterocycles. The van der Waals surface area contributed by atoms with Gasteiger partial charge in [-0.1, -0.05) is 12.1 Å². The van der Waals surface area contributed by atoms with Crippen LogP contribution in [0.4, 0.5) is 10.3 Å². The Balaban J connectivity index is 1.70. The third-order valence-corrected chi connectivity index (χ3v) is 4.68. The molecular weight excluding hydrogens is 313 g/mol. The lowest BCUT2D eigenvalue weighted by Crippen LogP contribution is -2.32. The maximum Gasteiger partial charge on any atom is 0.221 e. The first kappa shape index (κ1) is 16.0. The largest absolute Gasteiger partial charge is 0.368 e. The maximum atomic E-state index is 14.3. The number of anilines is 1. The summed E-state index contributed by atoms with van der Waals surface area (Å²) >= 11 is 1.95. The van der Waals surface area contributed by atoms with Gasteiger partial charge in [0, 0.05) is 36.7 Å². The zero-order chi connectivity index (χ0) is 16.2. The lowest BCUT2D eigenvalue weighted by atomic mass is 10.1. The second-order valence-corrected chi connectivity index (χ2v) is 6.79. The summed E-state index contributed by atoms with van der Waals surface area (Å²) < 4.78 is 15.8. The van der Waals surface area contributed by atoms with Crippen molar-refractivity contribution in [3.8, 4) is 0 Å². The summed E-state index contributed by atoms with van der Waals surface area (Å²) in [5.41, 5.74) is 7.94. The van der Waals surface area contributed by atoms with Crippen molar-refractivity contribution in [3.63, 3.8) is 0 Å². The van der Waals surface area contributed by atoms with Crippen molar-refractivity contribution in [2.24, 2.45) is 5.10 Å². The second kappa shape index (κ2) is 7.14. The van der Waals surface area contributed by atoms with Crippen LogP contribution in [0.1, 0.15) is 16.8 Å². The van der Waals surface area contributed by atoms with Gasteiger partial charge < -0.3 is 5.73 Å². The van der Waals surface area contributed by atoms with Crippen LogP contribution in [-0.4, -0.2) is 45.4 Å². The fourth-order valence-electron chi connectivity index (χ4n) is 2.50. The molecule has 0 spiro atoms. The molecule has 2 aromatic rings.